The smallest absolute Gasteiger partial charge is 0.257 e. The number of carbonyl (C=O) groups excluding carboxylic acids is 2. The zero-order valence-corrected chi connectivity index (χ0v) is 12.5. The normalized spacial score (nSPS) is 22.3. The van der Waals surface area contributed by atoms with E-state index in [1.807, 2.05) is 0 Å². The highest BCUT2D eigenvalue weighted by Crippen LogP contribution is 2.29. The van der Waals surface area contributed by atoms with E-state index in [2.05, 4.69) is 5.10 Å². The van der Waals surface area contributed by atoms with E-state index in [0.29, 0.717) is 25.1 Å². The van der Waals surface area contributed by atoms with Crippen LogP contribution in [0.3, 0.4) is 0 Å². The fourth-order valence-electron chi connectivity index (χ4n) is 2.81. The van der Waals surface area contributed by atoms with Crippen molar-refractivity contribution in [2.45, 2.75) is 31.3 Å². The minimum atomic E-state index is -0.481. The lowest BCUT2D eigenvalue weighted by molar-refractivity contribution is -0.120. The maximum atomic E-state index is 12.5. The molecular weight excluding hydrogens is 272 g/mol. The fraction of sp³-hybridized carbons (Fsp3) is 0.643. The van der Waals surface area contributed by atoms with Crippen molar-refractivity contribution in [3.8, 4) is 0 Å². The Balaban J connectivity index is 2.08. The molecule has 1 saturated heterocycles. The molecule has 7 nitrogen and oxygen atoms in total. The van der Waals surface area contributed by atoms with Gasteiger partial charge in [-0.05, 0) is 19.3 Å². The van der Waals surface area contributed by atoms with E-state index in [4.69, 9.17) is 10.5 Å². The number of carbonyl (C=O) groups is 2. The molecule has 1 unspecified atom stereocenters. The van der Waals surface area contributed by atoms with Gasteiger partial charge in [0, 0.05) is 39.9 Å². The lowest BCUT2D eigenvalue weighted by Crippen LogP contribution is -2.51. The zero-order chi connectivity index (χ0) is 15.5. The number of methoxy groups -OCH3 is 1. The molecule has 1 fully saturated rings. The SMILES string of the molecule is COC1(CCC(N)=O)CCCN(C(=O)c2cnn(C)c2)C1. The third-order valence-electron chi connectivity index (χ3n) is 4.04. The van der Waals surface area contributed by atoms with Crippen molar-refractivity contribution in [1.29, 1.82) is 0 Å². The fourth-order valence-corrected chi connectivity index (χ4v) is 2.81. The Hall–Kier alpha value is -1.89. The molecule has 1 aromatic rings. The Morgan fingerprint density at radius 1 is 1.52 bits per heavy atom. The average molecular weight is 294 g/mol. The highest BCUT2D eigenvalue weighted by molar-refractivity contribution is 5.93. The van der Waals surface area contributed by atoms with Gasteiger partial charge in [0.25, 0.3) is 5.91 Å². The van der Waals surface area contributed by atoms with Gasteiger partial charge in [0.1, 0.15) is 0 Å². The summed E-state index contributed by atoms with van der Waals surface area (Å²) >= 11 is 0. The Labute approximate surface area is 124 Å². The van der Waals surface area contributed by atoms with E-state index in [-0.39, 0.29) is 18.2 Å². The number of rotatable bonds is 5. The van der Waals surface area contributed by atoms with Crippen molar-refractivity contribution in [3.63, 3.8) is 0 Å². The Morgan fingerprint density at radius 3 is 2.86 bits per heavy atom. The summed E-state index contributed by atoms with van der Waals surface area (Å²) in [6.07, 6.45) is 5.74. The predicted molar refractivity (Wildman–Crippen MR) is 76.5 cm³/mol. The van der Waals surface area contributed by atoms with Crippen LogP contribution in [0.5, 0.6) is 0 Å². The molecule has 0 aliphatic carbocycles. The second-order valence-electron chi connectivity index (χ2n) is 5.59. The molecule has 21 heavy (non-hydrogen) atoms. The van der Waals surface area contributed by atoms with Crippen LogP contribution in [0, 0.1) is 0 Å². The van der Waals surface area contributed by atoms with Gasteiger partial charge in [0.15, 0.2) is 0 Å². The maximum Gasteiger partial charge on any atom is 0.257 e. The third-order valence-corrected chi connectivity index (χ3v) is 4.04. The number of amides is 2. The van der Waals surface area contributed by atoms with Gasteiger partial charge < -0.3 is 15.4 Å². The molecule has 7 heteroatoms. The first kappa shape index (κ1) is 15.5. The maximum absolute atomic E-state index is 12.5. The topological polar surface area (TPSA) is 90.4 Å². The number of nitrogens with two attached hydrogens (primary N) is 1. The van der Waals surface area contributed by atoms with E-state index in [0.717, 1.165) is 12.8 Å². The zero-order valence-electron chi connectivity index (χ0n) is 12.5. The number of nitrogens with zero attached hydrogens (tertiary/aromatic N) is 3. The molecule has 116 valence electrons. The number of ether oxygens (including phenoxy) is 1. The summed E-state index contributed by atoms with van der Waals surface area (Å²) < 4.78 is 7.23. The van der Waals surface area contributed by atoms with E-state index >= 15 is 0 Å². The number of primary amides is 1. The van der Waals surface area contributed by atoms with Crippen LogP contribution in [0.1, 0.15) is 36.0 Å². The molecule has 0 radical (unpaired) electrons. The molecule has 0 aromatic carbocycles. The predicted octanol–water partition coefficient (Wildman–Crippen LogP) is 0.307. The number of piperidine rings is 1. The second-order valence-corrected chi connectivity index (χ2v) is 5.59. The van der Waals surface area contributed by atoms with Crippen molar-refractivity contribution in [3.05, 3.63) is 18.0 Å². The van der Waals surface area contributed by atoms with Gasteiger partial charge in [-0.2, -0.15) is 5.10 Å². The molecule has 1 aliphatic rings. The summed E-state index contributed by atoms with van der Waals surface area (Å²) in [6, 6.07) is 0. The molecule has 2 rings (SSSR count). The monoisotopic (exact) mass is 294 g/mol. The molecule has 1 aliphatic heterocycles. The molecule has 0 saturated carbocycles. The van der Waals surface area contributed by atoms with Crippen LogP contribution in [0.15, 0.2) is 12.4 Å². The first-order chi connectivity index (χ1) is 9.96. The van der Waals surface area contributed by atoms with Gasteiger partial charge in [-0.3, -0.25) is 14.3 Å². The highest BCUT2D eigenvalue weighted by atomic mass is 16.5. The number of hydrogen-bond donors (Lipinski definition) is 1. The first-order valence-electron chi connectivity index (χ1n) is 7.07. The molecule has 2 heterocycles. The van der Waals surface area contributed by atoms with Crippen LogP contribution in [-0.2, 0) is 16.6 Å². The lowest BCUT2D eigenvalue weighted by Gasteiger charge is -2.41. The Morgan fingerprint density at radius 2 is 2.29 bits per heavy atom. The second kappa shape index (κ2) is 6.26. The summed E-state index contributed by atoms with van der Waals surface area (Å²) in [6.45, 7) is 1.17. The van der Waals surface area contributed by atoms with Crippen LogP contribution in [-0.4, -0.2) is 52.3 Å². The van der Waals surface area contributed by atoms with Gasteiger partial charge in [-0.15, -0.1) is 0 Å². The molecule has 2 N–H and O–H groups in total. The van der Waals surface area contributed by atoms with E-state index in [1.54, 1.807) is 36.1 Å². The summed E-state index contributed by atoms with van der Waals surface area (Å²) in [5.41, 5.74) is 5.31. The quantitative estimate of drug-likeness (QED) is 0.846. The van der Waals surface area contributed by atoms with Gasteiger partial charge >= 0.3 is 0 Å². The van der Waals surface area contributed by atoms with Crippen molar-refractivity contribution in [2.24, 2.45) is 12.8 Å². The summed E-state index contributed by atoms with van der Waals surface area (Å²) in [5, 5.41) is 4.03. The average Bonchev–Trinajstić information content (AvgIpc) is 2.91. The van der Waals surface area contributed by atoms with Crippen molar-refractivity contribution >= 4 is 11.8 Å². The Bertz CT molecular complexity index is 528. The standard InChI is InChI=1S/C14H22N4O3/c1-17-9-11(8-16-17)13(20)18-7-3-5-14(10-18,21-2)6-4-12(15)19/h8-9H,3-7,10H2,1-2H3,(H2,15,19). The number of aryl methyl sites for hydroxylation is 1. The summed E-state index contributed by atoms with van der Waals surface area (Å²) in [5.74, 6) is -0.398. The summed E-state index contributed by atoms with van der Waals surface area (Å²) in [7, 11) is 3.40. The molecule has 2 amide bonds. The molecule has 0 spiro atoms. The van der Waals surface area contributed by atoms with Crippen molar-refractivity contribution in [2.75, 3.05) is 20.2 Å². The largest absolute Gasteiger partial charge is 0.376 e. The third kappa shape index (κ3) is 3.60. The lowest BCUT2D eigenvalue weighted by atomic mass is 9.87. The van der Waals surface area contributed by atoms with Gasteiger partial charge in [-0.1, -0.05) is 0 Å². The van der Waals surface area contributed by atoms with Crippen molar-refractivity contribution < 1.29 is 14.3 Å². The van der Waals surface area contributed by atoms with Crippen LogP contribution in [0.2, 0.25) is 0 Å². The van der Waals surface area contributed by atoms with Crippen LogP contribution < -0.4 is 5.73 Å². The van der Waals surface area contributed by atoms with E-state index in [1.165, 1.54) is 0 Å². The van der Waals surface area contributed by atoms with Crippen LogP contribution >= 0.6 is 0 Å². The molecule has 0 bridgehead atoms. The van der Waals surface area contributed by atoms with Gasteiger partial charge in [-0.25, -0.2) is 0 Å². The minimum absolute atomic E-state index is 0.0525. The Kier molecular flexibility index (Phi) is 4.62. The highest BCUT2D eigenvalue weighted by Gasteiger charge is 2.37. The molecule has 1 aromatic heterocycles. The van der Waals surface area contributed by atoms with Crippen LogP contribution in [0.4, 0.5) is 0 Å². The van der Waals surface area contributed by atoms with Gasteiger partial charge in [0.2, 0.25) is 5.91 Å². The number of likely N-dealkylation sites (tertiary alicyclic amines) is 1. The minimum Gasteiger partial charge on any atom is -0.376 e. The van der Waals surface area contributed by atoms with Gasteiger partial charge in [0.05, 0.1) is 17.4 Å². The van der Waals surface area contributed by atoms with E-state index < -0.39 is 5.60 Å². The first-order valence-corrected chi connectivity index (χ1v) is 7.07. The number of hydrogen-bond acceptors (Lipinski definition) is 4. The number of aromatic nitrogens is 2. The van der Waals surface area contributed by atoms with E-state index in [9.17, 15) is 9.59 Å². The van der Waals surface area contributed by atoms with Crippen molar-refractivity contribution in [1.82, 2.24) is 14.7 Å². The van der Waals surface area contributed by atoms with Crippen LogP contribution in [0.25, 0.3) is 0 Å². The summed E-state index contributed by atoms with van der Waals surface area (Å²) in [4.78, 5) is 25.3. The molecule has 1 atom stereocenters. The molecular formula is C14H22N4O3.